The zero-order chi connectivity index (χ0) is 13.4. The fourth-order valence-electron chi connectivity index (χ4n) is 1.83. The molecular formula is C13H9N3O3. The lowest BCUT2D eigenvalue weighted by Crippen LogP contribution is -1.88. The molecule has 1 aromatic carbocycles. The van der Waals surface area contributed by atoms with Crippen LogP contribution < -0.4 is 0 Å². The van der Waals surface area contributed by atoms with Gasteiger partial charge < -0.3 is 4.42 Å². The van der Waals surface area contributed by atoms with Gasteiger partial charge >= 0.3 is 0 Å². The summed E-state index contributed by atoms with van der Waals surface area (Å²) in [5.74, 6) is 0.334. The number of aryl methyl sites for hydroxylation is 1. The van der Waals surface area contributed by atoms with Gasteiger partial charge in [0, 0.05) is 23.9 Å². The molecule has 0 fully saturated rings. The Kier molecular flexibility index (Phi) is 2.49. The van der Waals surface area contributed by atoms with E-state index in [4.69, 9.17) is 4.42 Å². The number of oxazole rings is 1. The Morgan fingerprint density at radius 1 is 1.32 bits per heavy atom. The molecule has 3 rings (SSSR count). The molecule has 0 amide bonds. The van der Waals surface area contributed by atoms with E-state index in [9.17, 15) is 10.1 Å². The number of hydrogen-bond acceptors (Lipinski definition) is 5. The summed E-state index contributed by atoms with van der Waals surface area (Å²) in [6.07, 6.45) is 1.65. The molecule has 3 aromatic rings. The lowest BCUT2D eigenvalue weighted by atomic mass is 10.2. The Hall–Kier alpha value is -2.76. The van der Waals surface area contributed by atoms with Gasteiger partial charge in [-0.25, -0.2) is 4.98 Å². The van der Waals surface area contributed by atoms with Crippen LogP contribution in [-0.2, 0) is 0 Å². The van der Waals surface area contributed by atoms with E-state index >= 15 is 0 Å². The Bertz CT molecular complexity index is 780. The zero-order valence-corrected chi connectivity index (χ0v) is 10.0. The summed E-state index contributed by atoms with van der Waals surface area (Å²) < 4.78 is 5.62. The molecule has 19 heavy (non-hydrogen) atoms. The Labute approximate surface area is 107 Å². The first-order chi connectivity index (χ1) is 9.15. The van der Waals surface area contributed by atoms with E-state index in [-0.39, 0.29) is 5.69 Å². The van der Waals surface area contributed by atoms with Crippen molar-refractivity contribution in [1.82, 2.24) is 9.97 Å². The second-order valence-corrected chi connectivity index (χ2v) is 4.11. The summed E-state index contributed by atoms with van der Waals surface area (Å²) in [5, 5.41) is 10.8. The van der Waals surface area contributed by atoms with E-state index in [1.54, 1.807) is 18.3 Å². The summed E-state index contributed by atoms with van der Waals surface area (Å²) in [7, 11) is 0. The molecule has 0 N–H and O–H groups in total. The SMILES string of the molecule is Cc1ccnc2nc(-c3cccc([N+](=O)[O-])c3)oc12. The molecule has 94 valence electrons. The maximum Gasteiger partial charge on any atom is 0.270 e. The van der Waals surface area contributed by atoms with Crippen LogP contribution in [0.5, 0.6) is 0 Å². The standard InChI is InChI=1S/C13H9N3O3/c1-8-5-6-14-12-11(8)19-13(15-12)9-3-2-4-10(7-9)16(17)18/h2-7H,1H3. The van der Waals surface area contributed by atoms with E-state index in [0.717, 1.165) is 5.56 Å². The van der Waals surface area contributed by atoms with Crippen LogP contribution in [-0.4, -0.2) is 14.9 Å². The molecule has 0 aliphatic rings. The van der Waals surface area contributed by atoms with Crippen LogP contribution in [0.25, 0.3) is 22.7 Å². The Balaban J connectivity index is 2.16. The average Bonchev–Trinajstić information content (AvgIpc) is 2.84. The van der Waals surface area contributed by atoms with Gasteiger partial charge in [-0.2, -0.15) is 4.98 Å². The highest BCUT2D eigenvalue weighted by molar-refractivity contribution is 5.75. The van der Waals surface area contributed by atoms with Crippen molar-refractivity contribution in [1.29, 1.82) is 0 Å². The average molecular weight is 255 g/mol. The van der Waals surface area contributed by atoms with Crippen LogP contribution >= 0.6 is 0 Å². The van der Waals surface area contributed by atoms with Gasteiger partial charge in [-0.3, -0.25) is 10.1 Å². The third-order valence-corrected chi connectivity index (χ3v) is 2.79. The van der Waals surface area contributed by atoms with Crippen molar-refractivity contribution < 1.29 is 9.34 Å². The number of non-ortho nitro benzene ring substituents is 1. The number of nitro groups is 1. The monoisotopic (exact) mass is 255 g/mol. The Morgan fingerprint density at radius 3 is 2.89 bits per heavy atom. The van der Waals surface area contributed by atoms with Crippen molar-refractivity contribution in [2.75, 3.05) is 0 Å². The molecule has 0 saturated heterocycles. The minimum absolute atomic E-state index is 0.00411. The first-order valence-electron chi connectivity index (χ1n) is 5.62. The highest BCUT2D eigenvalue weighted by Gasteiger charge is 2.13. The lowest BCUT2D eigenvalue weighted by Gasteiger charge is -1.95. The van der Waals surface area contributed by atoms with Gasteiger partial charge in [0.25, 0.3) is 5.69 Å². The van der Waals surface area contributed by atoms with Gasteiger partial charge in [-0.1, -0.05) is 6.07 Å². The molecule has 0 spiro atoms. The van der Waals surface area contributed by atoms with E-state index in [2.05, 4.69) is 9.97 Å². The lowest BCUT2D eigenvalue weighted by molar-refractivity contribution is -0.384. The topological polar surface area (TPSA) is 82.1 Å². The van der Waals surface area contributed by atoms with Crippen LogP contribution in [0.3, 0.4) is 0 Å². The van der Waals surface area contributed by atoms with Crippen molar-refractivity contribution in [2.45, 2.75) is 6.92 Å². The van der Waals surface area contributed by atoms with E-state index in [1.165, 1.54) is 12.1 Å². The van der Waals surface area contributed by atoms with Crippen molar-refractivity contribution in [3.05, 3.63) is 52.2 Å². The molecule has 2 aromatic heterocycles. The molecule has 6 heteroatoms. The summed E-state index contributed by atoms with van der Waals surface area (Å²) in [6.45, 7) is 1.90. The third-order valence-electron chi connectivity index (χ3n) is 2.79. The predicted octanol–water partition coefficient (Wildman–Crippen LogP) is 3.11. The summed E-state index contributed by atoms with van der Waals surface area (Å²) in [6, 6.07) is 8.00. The van der Waals surface area contributed by atoms with E-state index in [1.807, 2.05) is 13.0 Å². The van der Waals surface area contributed by atoms with Crippen molar-refractivity contribution in [2.24, 2.45) is 0 Å². The van der Waals surface area contributed by atoms with Gasteiger partial charge in [0.1, 0.15) is 0 Å². The molecular weight excluding hydrogens is 246 g/mol. The van der Waals surface area contributed by atoms with Crippen LogP contribution in [0.15, 0.2) is 40.9 Å². The van der Waals surface area contributed by atoms with Gasteiger partial charge in [0.15, 0.2) is 11.2 Å². The van der Waals surface area contributed by atoms with Crippen LogP contribution in [0, 0.1) is 17.0 Å². The van der Waals surface area contributed by atoms with Crippen LogP contribution in [0.2, 0.25) is 0 Å². The smallest absolute Gasteiger partial charge is 0.270 e. The van der Waals surface area contributed by atoms with Gasteiger partial charge in [-0.05, 0) is 24.6 Å². The maximum atomic E-state index is 10.8. The van der Waals surface area contributed by atoms with Gasteiger partial charge in [-0.15, -0.1) is 0 Å². The Morgan fingerprint density at radius 2 is 2.16 bits per heavy atom. The van der Waals surface area contributed by atoms with Crippen molar-refractivity contribution in [3.8, 4) is 11.5 Å². The predicted molar refractivity (Wildman–Crippen MR) is 68.6 cm³/mol. The van der Waals surface area contributed by atoms with Gasteiger partial charge in [0.05, 0.1) is 4.92 Å². The number of fused-ring (bicyclic) bond motifs is 1. The molecule has 0 atom stereocenters. The number of rotatable bonds is 2. The quantitative estimate of drug-likeness (QED) is 0.519. The normalized spacial score (nSPS) is 10.8. The second kappa shape index (κ2) is 4.16. The number of nitro benzene ring substituents is 1. The third kappa shape index (κ3) is 1.93. The van der Waals surface area contributed by atoms with E-state index < -0.39 is 4.92 Å². The molecule has 0 unspecified atom stereocenters. The fraction of sp³-hybridized carbons (Fsp3) is 0.0769. The molecule has 0 aliphatic carbocycles. The number of nitrogens with zero attached hydrogens (tertiary/aromatic N) is 3. The number of aromatic nitrogens is 2. The van der Waals surface area contributed by atoms with Crippen LogP contribution in [0.1, 0.15) is 5.56 Å². The van der Waals surface area contributed by atoms with Crippen molar-refractivity contribution in [3.63, 3.8) is 0 Å². The summed E-state index contributed by atoms with van der Waals surface area (Å²) in [4.78, 5) is 18.7. The first-order valence-corrected chi connectivity index (χ1v) is 5.62. The largest absolute Gasteiger partial charge is 0.434 e. The highest BCUT2D eigenvalue weighted by atomic mass is 16.6. The second-order valence-electron chi connectivity index (χ2n) is 4.11. The minimum Gasteiger partial charge on any atom is -0.434 e. The maximum absolute atomic E-state index is 10.8. The number of benzene rings is 1. The molecule has 0 saturated carbocycles. The number of pyridine rings is 1. The molecule has 0 bridgehead atoms. The number of hydrogen-bond donors (Lipinski definition) is 0. The minimum atomic E-state index is -0.449. The molecule has 6 nitrogen and oxygen atoms in total. The van der Waals surface area contributed by atoms with Gasteiger partial charge in [0.2, 0.25) is 5.89 Å². The van der Waals surface area contributed by atoms with E-state index in [0.29, 0.717) is 22.7 Å². The summed E-state index contributed by atoms with van der Waals surface area (Å²) in [5.41, 5.74) is 2.59. The molecule has 0 aliphatic heterocycles. The highest BCUT2D eigenvalue weighted by Crippen LogP contribution is 2.27. The first kappa shape index (κ1) is 11.3. The van der Waals surface area contributed by atoms with Crippen molar-refractivity contribution >= 4 is 16.9 Å². The zero-order valence-electron chi connectivity index (χ0n) is 10.0. The molecule has 2 heterocycles. The van der Waals surface area contributed by atoms with Crippen LogP contribution in [0.4, 0.5) is 5.69 Å². The fourth-order valence-corrected chi connectivity index (χ4v) is 1.83. The molecule has 0 radical (unpaired) electrons. The summed E-state index contributed by atoms with van der Waals surface area (Å²) >= 11 is 0.